The molecule has 0 spiro atoms. The molecule has 10 heavy (non-hydrogen) atoms. The van der Waals surface area contributed by atoms with Gasteiger partial charge in [0.15, 0.2) is 0 Å². The van der Waals surface area contributed by atoms with Crippen LogP contribution in [0, 0.1) is 7.43 Å². The average molecular weight is 315 g/mol. The van der Waals surface area contributed by atoms with E-state index in [2.05, 4.69) is 6.92 Å². The normalized spacial score (nSPS) is 11.1. The summed E-state index contributed by atoms with van der Waals surface area (Å²) in [5, 5.41) is 8.80. The molecule has 0 radical (unpaired) electrons. The van der Waals surface area contributed by atoms with Gasteiger partial charge in [0.2, 0.25) is 0 Å². The van der Waals surface area contributed by atoms with E-state index >= 15 is 0 Å². The summed E-state index contributed by atoms with van der Waals surface area (Å²) < 4.78 is 0. The Labute approximate surface area is 78.5 Å². The third kappa shape index (κ3) is 11.4. The van der Waals surface area contributed by atoms with Crippen molar-refractivity contribution in [1.82, 2.24) is 0 Å². The molecule has 0 saturated heterocycles. The molecule has 62 valence electrons. The van der Waals surface area contributed by atoms with Crippen molar-refractivity contribution in [2.45, 2.75) is 32.3 Å². The monoisotopic (exact) mass is 315 g/mol. The van der Waals surface area contributed by atoms with Crippen LogP contribution < -0.4 is 0 Å². The Balaban J connectivity index is -0.000000245. The van der Waals surface area contributed by atoms with Crippen LogP contribution in [-0.4, -0.2) is 17.8 Å². The third-order valence-corrected chi connectivity index (χ3v) is 1.13. The van der Waals surface area contributed by atoms with E-state index in [1.165, 1.54) is 0 Å². The van der Waals surface area contributed by atoms with E-state index in [0.717, 1.165) is 19.3 Å². The van der Waals surface area contributed by atoms with E-state index in [4.69, 9.17) is 10.8 Å². The molecular formula is C7H17NOW. The van der Waals surface area contributed by atoms with E-state index in [1.807, 2.05) is 0 Å². The number of nitrogens with one attached hydrogen (secondary N) is 1. The zero-order valence-corrected chi connectivity index (χ0v) is 9.69. The molecule has 1 unspecified atom stereocenters. The Bertz CT molecular complexity index is 52.9. The molecule has 0 aliphatic carbocycles. The minimum atomic E-state index is -0.380. The van der Waals surface area contributed by atoms with Gasteiger partial charge < -0.3 is 18.3 Å². The van der Waals surface area contributed by atoms with Crippen molar-refractivity contribution in [3.8, 4) is 0 Å². The molecule has 0 rings (SSSR count). The Hall–Kier alpha value is 0.608. The van der Waals surface area contributed by atoms with Gasteiger partial charge in [0.05, 0.1) is 0 Å². The average Bonchev–Trinajstić information content (AvgIpc) is 1.83. The Kier molecular flexibility index (Phi) is 20.8. The zero-order chi connectivity index (χ0) is 6.41. The second kappa shape index (κ2) is 12.3. The molecular weight excluding hydrogens is 298 g/mol. The summed E-state index contributed by atoms with van der Waals surface area (Å²) in [6.07, 6.45) is 2.56. The Morgan fingerprint density at radius 1 is 1.50 bits per heavy atom. The van der Waals surface area contributed by atoms with Gasteiger partial charge >= 0.3 is 21.1 Å². The van der Waals surface area contributed by atoms with Gasteiger partial charge in [0.25, 0.3) is 0 Å². The van der Waals surface area contributed by atoms with Crippen LogP contribution in [0.25, 0.3) is 5.73 Å². The van der Waals surface area contributed by atoms with Crippen LogP contribution in [0.2, 0.25) is 0 Å². The first kappa shape index (κ1) is 16.9. The maximum atomic E-state index is 8.80. The molecule has 0 heterocycles. The summed E-state index contributed by atoms with van der Waals surface area (Å²) in [6.45, 7) is 2.23. The molecule has 0 bridgehead atoms. The first-order chi connectivity index (χ1) is 3.81. The van der Waals surface area contributed by atoms with Gasteiger partial charge in [-0.2, -0.15) is 0 Å². The van der Waals surface area contributed by atoms with Crippen LogP contribution in [0.1, 0.15) is 26.2 Å². The van der Waals surface area contributed by atoms with E-state index in [0.29, 0.717) is 0 Å². The molecule has 3 heteroatoms. The molecule has 0 fully saturated rings. The van der Waals surface area contributed by atoms with Crippen molar-refractivity contribution < 1.29 is 26.2 Å². The summed E-state index contributed by atoms with van der Waals surface area (Å²) in [7, 11) is 0. The number of aliphatic hydroxyl groups excluding tert-OH is 1. The van der Waals surface area contributed by atoms with Crippen molar-refractivity contribution in [3.05, 3.63) is 13.2 Å². The topological polar surface area (TPSA) is 44.0 Å². The predicted molar refractivity (Wildman–Crippen MR) is 41.1 cm³/mol. The van der Waals surface area contributed by atoms with E-state index < -0.39 is 0 Å². The van der Waals surface area contributed by atoms with Crippen LogP contribution in [0.15, 0.2) is 0 Å². The molecule has 1 atom stereocenters. The van der Waals surface area contributed by atoms with Crippen molar-refractivity contribution >= 4 is 0 Å². The second-order valence-corrected chi connectivity index (χ2v) is 2.00. The molecule has 0 aromatic rings. The van der Waals surface area contributed by atoms with Crippen LogP contribution in [0.4, 0.5) is 0 Å². The maximum absolute atomic E-state index is 8.80. The first-order valence-corrected chi connectivity index (χ1v) is 3.14. The molecule has 0 aliphatic heterocycles. The molecule has 2 nitrogen and oxygen atoms in total. The number of aliphatic hydroxyl groups is 1. The summed E-state index contributed by atoms with van der Waals surface area (Å²) in [6, 6.07) is 0. The van der Waals surface area contributed by atoms with Gasteiger partial charge in [-0.1, -0.05) is 19.8 Å². The summed E-state index contributed by atoms with van der Waals surface area (Å²) >= 11 is 0. The molecule has 0 amide bonds. The quantitative estimate of drug-likeness (QED) is 0.793. The zero-order valence-electron chi connectivity index (χ0n) is 6.76. The van der Waals surface area contributed by atoms with Gasteiger partial charge in [-0.3, -0.25) is 0 Å². The minimum Gasteiger partial charge on any atom is -0.675 e. The Morgan fingerprint density at radius 2 is 2.00 bits per heavy atom. The van der Waals surface area contributed by atoms with Crippen molar-refractivity contribution in [2.75, 3.05) is 6.54 Å². The van der Waals surface area contributed by atoms with Crippen LogP contribution in [0.3, 0.4) is 0 Å². The van der Waals surface area contributed by atoms with Crippen molar-refractivity contribution in [1.29, 1.82) is 0 Å². The standard InChI is InChI=1S/C6H14NO.CH3.W/c1-2-3-4-6(8)5-7;;/h6-8H,2-5H2,1H3;1H3;/q2*-1;+2. The van der Waals surface area contributed by atoms with Crippen LogP contribution in [-0.2, 0) is 21.1 Å². The second-order valence-electron chi connectivity index (χ2n) is 2.00. The van der Waals surface area contributed by atoms with Gasteiger partial charge in [-0.25, -0.2) is 0 Å². The summed E-state index contributed by atoms with van der Waals surface area (Å²) in [5.74, 6) is 0. The largest absolute Gasteiger partial charge is 2.00 e. The van der Waals surface area contributed by atoms with Crippen molar-refractivity contribution in [3.63, 3.8) is 0 Å². The molecule has 2 N–H and O–H groups in total. The first-order valence-electron chi connectivity index (χ1n) is 3.14. The number of unbranched alkanes of at least 4 members (excludes halogenated alkanes) is 1. The Morgan fingerprint density at radius 3 is 2.30 bits per heavy atom. The number of hydrogen-bond donors (Lipinski definition) is 1. The fourth-order valence-corrected chi connectivity index (χ4v) is 0.542. The van der Waals surface area contributed by atoms with Gasteiger partial charge in [0.1, 0.15) is 0 Å². The van der Waals surface area contributed by atoms with Gasteiger partial charge in [-0.05, 0) is 6.42 Å². The van der Waals surface area contributed by atoms with Crippen LogP contribution in [0.5, 0.6) is 0 Å². The van der Waals surface area contributed by atoms with E-state index in [1.54, 1.807) is 0 Å². The molecule has 0 aromatic heterocycles. The summed E-state index contributed by atoms with van der Waals surface area (Å²) in [4.78, 5) is 0. The summed E-state index contributed by atoms with van der Waals surface area (Å²) in [5.41, 5.74) is 6.74. The SMILES string of the molecule is CCCCC(O)C[NH-].[CH3-].[W+2]. The van der Waals surface area contributed by atoms with E-state index in [9.17, 15) is 0 Å². The minimum absolute atomic E-state index is 0. The fraction of sp³-hybridized carbons (Fsp3) is 0.857. The predicted octanol–water partition coefficient (Wildman–Crippen LogP) is 2.04. The smallest absolute Gasteiger partial charge is 0.675 e. The van der Waals surface area contributed by atoms with Gasteiger partial charge in [0, 0.05) is 6.10 Å². The number of hydrogen-bond acceptors (Lipinski definition) is 1. The maximum Gasteiger partial charge on any atom is 2.00 e. The molecule has 0 aliphatic rings. The third-order valence-electron chi connectivity index (χ3n) is 1.13. The molecule has 0 aromatic carbocycles. The van der Waals surface area contributed by atoms with Crippen molar-refractivity contribution in [2.24, 2.45) is 0 Å². The van der Waals surface area contributed by atoms with E-state index in [-0.39, 0.29) is 41.1 Å². The van der Waals surface area contributed by atoms with Gasteiger partial charge in [-0.15, -0.1) is 6.54 Å². The fourth-order valence-electron chi connectivity index (χ4n) is 0.542. The van der Waals surface area contributed by atoms with Crippen LogP contribution >= 0.6 is 0 Å². The number of rotatable bonds is 4. The molecule has 0 saturated carbocycles.